The summed E-state index contributed by atoms with van der Waals surface area (Å²) >= 11 is 0. The lowest BCUT2D eigenvalue weighted by atomic mass is 9.98. The lowest BCUT2D eigenvalue weighted by molar-refractivity contribution is -0.386. The van der Waals surface area contributed by atoms with E-state index in [1.54, 1.807) is 4.90 Å². The molecular weight excluding hydrogens is 270 g/mol. The molecule has 5 nitrogen and oxygen atoms in total. The first-order valence-corrected chi connectivity index (χ1v) is 6.57. The summed E-state index contributed by atoms with van der Waals surface area (Å²) in [7, 11) is 0. The zero-order chi connectivity index (χ0) is 14.4. The summed E-state index contributed by atoms with van der Waals surface area (Å²) in [6, 6.07) is 1.36. The van der Waals surface area contributed by atoms with Gasteiger partial charge in [-0.05, 0) is 25.7 Å². The Hall–Kier alpha value is -1.76. The predicted molar refractivity (Wildman–Crippen MR) is 67.5 cm³/mol. The second kappa shape index (κ2) is 4.66. The summed E-state index contributed by atoms with van der Waals surface area (Å²) in [5.74, 6) is -1.98. The van der Waals surface area contributed by atoms with Gasteiger partial charge in [-0.2, -0.15) is 4.39 Å². The highest BCUT2D eigenvalue weighted by Gasteiger charge is 2.43. The SMILES string of the molecule is O=[N+]([O-])c1c(F)cc(F)cc1N1C2CCC1CC(O)C2. The number of rotatable bonds is 2. The Morgan fingerprint density at radius 3 is 2.40 bits per heavy atom. The van der Waals surface area contributed by atoms with Gasteiger partial charge in [-0.1, -0.05) is 0 Å². The van der Waals surface area contributed by atoms with Gasteiger partial charge in [0.15, 0.2) is 0 Å². The number of nitro benzene ring substituents is 1. The summed E-state index contributed by atoms with van der Waals surface area (Å²) in [6.07, 6.45) is 2.06. The number of benzene rings is 1. The molecule has 2 aliphatic heterocycles. The number of nitrogens with zero attached hydrogens (tertiary/aromatic N) is 2. The molecule has 3 rings (SSSR count). The minimum Gasteiger partial charge on any atom is -0.393 e. The first-order valence-electron chi connectivity index (χ1n) is 6.57. The highest BCUT2D eigenvalue weighted by atomic mass is 19.1. The predicted octanol–water partition coefficient (Wildman–Crippen LogP) is 2.37. The number of piperidine rings is 1. The fourth-order valence-electron chi connectivity index (χ4n) is 3.47. The maximum absolute atomic E-state index is 13.7. The third-order valence-electron chi connectivity index (χ3n) is 4.18. The van der Waals surface area contributed by atoms with E-state index in [0.29, 0.717) is 18.9 Å². The second-order valence-electron chi connectivity index (χ2n) is 5.43. The Morgan fingerprint density at radius 2 is 1.85 bits per heavy atom. The van der Waals surface area contributed by atoms with Crippen LogP contribution < -0.4 is 4.90 Å². The van der Waals surface area contributed by atoms with Crippen LogP contribution >= 0.6 is 0 Å². The third kappa shape index (κ3) is 2.02. The molecule has 2 atom stereocenters. The normalized spacial score (nSPS) is 28.8. The van der Waals surface area contributed by atoms with E-state index in [4.69, 9.17) is 0 Å². The molecule has 2 fully saturated rings. The molecule has 1 N–H and O–H groups in total. The number of hydrogen-bond acceptors (Lipinski definition) is 4. The monoisotopic (exact) mass is 284 g/mol. The van der Waals surface area contributed by atoms with Crippen molar-refractivity contribution >= 4 is 11.4 Å². The molecule has 2 aliphatic rings. The van der Waals surface area contributed by atoms with Gasteiger partial charge >= 0.3 is 5.69 Å². The molecule has 2 unspecified atom stereocenters. The molecule has 0 radical (unpaired) electrons. The summed E-state index contributed by atoms with van der Waals surface area (Å²) in [5.41, 5.74) is -0.688. The molecule has 108 valence electrons. The zero-order valence-electron chi connectivity index (χ0n) is 10.6. The van der Waals surface area contributed by atoms with E-state index in [9.17, 15) is 24.0 Å². The number of hydrogen-bond donors (Lipinski definition) is 1. The molecule has 2 saturated heterocycles. The quantitative estimate of drug-likeness (QED) is 0.668. The largest absolute Gasteiger partial charge is 0.393 e. The summed E-state index contributed by atoms with van der Waals surface area (Å²) in [5, 5.41) is 20.8. The summed E-state index contributed by atoms with van der Waals surface area (Å²) < 4.78 is 27.1. The van der Waals surface area contributed by atoms with E-state index < -0.39 is 28.3 Å². The van der Waals surface area contributed by atoms with Gasteiger partial charge in [-0.25, -0.2) is 4.39 Å². The molecule has 1 aromatic carbocycles. The maximum Gasteiger partial charge on any atom is 0.328 e. The molecule has 20 heavy (non-hydrogen) atoms. The molecule has 0 aromatic heterocycles. The topological polar surface area (TPSA) is 66.6 Å². The van der Waals surface area contributed by atoms with Crippen LogP contribution in [0.5, 0.6) is 0 Å². The van der Waals surface area contributed by atoms with Crippen molar-refractivity contribution in [2.75, 3.05) is 4.90 Å². The van der Waals surface area contributed by atoms with Crippen molar-refractivity contribution in [2.24, 2.45) is 0 Å². The molecule has 0 aliphatic carbocycles. The lowest BCUT2D eigenvalue weighted by Crippen LogP contribution is -2.45. The molecule has 7 heteroatoms. The van der Waals surface area contributed by atoms with E-state index in [0.717, 1.165) is 18.9 Å². The average molecular weight is 284 g/mol. The number of aliphatic hydroxyl groups excluding tert-OH is 1. The van der Waals surface area contributed by atoms with Crippen LogP contribution in [0.25, 0.3) is 0 Å². The molecule has 2 heterocycles. The zero-order valence-corrected chi connectivity index (χ0v) is 10.6. The van der Waals surface area contributed by atoms with Crippen LogP contribution in [0.2, 0.25) is 0 Å². The van der Waals surface area contributed by atoms with Crippen LogP contribution in [0, 0.1) is 21.7 Å². The van der Waals surface area contributed by atoms with Gasteiger partial charge < -0.3 is 10.0 Å². The van der Waals surface area contributed by atoms with Gasteiger partial charge in [0, 0.05) is 24.2 Å². The van der Waals surface area contributed by atoms with Crippen molar-refractivity contribution in [1.29, 1.82) is 0 Å². The Kier molecular flexibility index (Phi) is 3.08. The minimum atomic E-state index is -1.16. The molecule has 0 amide bonds. The van der Waals surface area contributed by atoms with Crippen molar-refractivity contribution < 1.29 is 18.8 Å². The van der Waals surface area contributed by atoms with Gasteiger partial charge in [-0.3, -0.25) is 10.1 Å². The smallest absolute Gasteiger partial charge is 0.328 e. The lowest BCUT2D eigenvalue weighted by Gasteiger charge is -2.38. The molecule has 0 spiro atoms. The molecule has 0 saturated carbocycles. The van der Waals surface area contributed by atoms with Crippen LogP contribution in [0.15, 0.2) is 12.1 Å². The van der Waals surface area contributed by atoms with Gasteiger partial charge in [-0.15, -0.1) is 0 Å². The maximum atomic E-state index is 13.7. The van der Waals surface area contributed by atoms with Gasteiger partial charge in [0.05, 0.1) is 11.0 Å². The molecule has 2 bridgehead atoms. The summed E-state index contributed by atoms with van der Waals surface area (Å²) in [4.78, 5) is 12.0. The van der Waals surface area contributed by atoms with E-state index in [-0.39, 0.29) is 17.8 Å². The van der Waals surface area contributed by atoms with E-state index in [1.165, 1.54) is 0 Å². The highest BCUT2D eigenvalue weighted by molar-refractivity contribution is 5.66. The fraction of sp³-hybridized carbons (Fsp3) is 0.538. The van der Waals surface area contributed by atoms with Crippen molar-refractivity contribution in [2.45, 2.75) is 43.9 Å². The van der Waals surface area contributed by atoms with Crippen molar-refractivity contribution in [3.05, 3.63) is 33.9 Å². The number of fused-ring (bicyclic) bond motifs is 2. The minimum absolute atomic E-state index is 0.00750. The Balaban J connectivity index is 2.08. The molecular formula is C13H14F2N2O3. The van der Waals surface area contributed by atoms with Crippen LogP contribution in [-0.4, -0.2) is 28.2 Å². The van der Waals surface area contributed by atoms with Crippen LogP contribution in [0.4, 0.5) is 20.2 Å². The second-order valence-corrected chi connectivity index (χ2v) is 5.43. The number of halogens is 2. The van der Waals surface area contributed by atoms with Crippen LogP contribution in [0.1, 0.15) is 25.7 Å². The van der Waals surface area contributed by atoms with Gasteiger partial charge in [0.2, 0.25) is 5.82 Å². The first-order chi connectivity index (χ1) is 9.47. The van der Waals surface area contributed by atoms with Crippen molar-refractivity contribution in [3.8, 4) is 0 Å². The average Bonchev–Trinajstić information content (AvgIpc) is 2.60. The summed E-state index contributed by atoms with van der Waals surface area (Å²) in [6.45, 7) is 0. The Morgan fingerprint density at radius 1 is 1.25 bits per heavy atom. The first kappa shape index (κ1) is 13.2. The highest BCUT2D eigenvalue weighted by Crippen LogP contribution is 2.43. The van der Waals surface area contributed by atoms with Crippen LogP contribution in [-0.2, 0) is 0 Å². The third-order valence-corrected chi connectivity index (χ3v) is 4.18. The standard InChI is InChI=1S/C13H14F2N2O3/c14-7-3-11(15)13(17(19)20)12(4-7)16-8-1-2-9(16)6-10(18)5-8/h3-4,8-10,18H,1-2,5-6H2. The van der Waals surface area contributed by atoms with Crippen molar-refractivity contribution in [1.82, 2.24) is 0 Å². The van der Waals surface area contributed by atoms with E-state index in [2.05, 4.69) is 0 Å². The van der Waals surface area contributed by atoms with Crippen molar-refractivity contribution in [3.63, 3.8) is 0 Å². The Bertz CT molecular complexity index is 553. The number of anilines is 1. The van der Waals surface area contributed by atoms with Gasteiger partial charge in [0.1, 0.15) is 11.5 Å². The molecule has 1 aromatic rings. The van der Waals surface area contributed by atoms with E-state index in [1.807, 2.05) is 0 Å². The van der Waals surface area contributed by atoms with Crippen LogP contribution in [0.3, 0.4) is 0 Å². The number of aliphatic hydroxyl groups is 1. The van der Waals surface area contributed by atoms with E-state index >= 15 is 0 Å². The number of nitro groups is 1. The van der Waals surface area contributed by atoms with Gasteiger partial charge in [0.25, 0.3) is 0 Å². The fourth-order valence-corrected chi connectivity index (χ4v) is 3.47. The Labute approximate surface area is 114 Å².